The molecule has 0 radical (unpaired) electrons. The van der Waals surface area contributed by atoms with Crippen LogP contribution in [0.3, 0.4) is 0 Å². The molecule has 0 saturated carbocycles. The minimum atomic E-state index is -3.52. The Hall–Kier alpha value is -2.25. The van der Waals surface area contributed by atoms with Crippen LogP contribution in [0.4, 0.5) is 5.69 Å². The third kappa shape index (κ3) is 4.28. The van der Waals surface area contributed by atoms with E-state index in [4.69, 9.17) is 16.3 Å². The van der Waals surface area contributed by atoms with Crippen LogP contribution in [-0.2, 0) is 21.4 Å². The maximum Gasteiger partial charge on any atom is 0.261 e. The highest BCUT2D eigenvalue weighted by Crippen LogP contribution is 2.36. The van der Waals surface area contributed by atoms with E-state index in [-0.39, 0.29) is 18.9 Å². The number of fused-ring (bicyclic) bond motifs is 1. The summed E-state index contributed by atoms with van der Waals surface area (Å²) in [4.78, 5) is 12.5. The van der Waals surface area contributed by atoms with Gasteiger partial charge >= 0.3 is 0 Å². The molecule has 1 heterocycles. The van der Waals surface area contributed by atoms with Gasteiger partial charge in [-0.1, -0.05) is 41.9 Å². The predicted molar refractivity (Wildman–Crippen MR) is 101 cm³/mol. The molecule has 0 fully saturated rings. The first-order chi connectivity index (χ1) is 12.3. The third-order valence-corrected chi connectivity index (χ3v) is 5.47. The lowest BCUT2D eigenvalue weighted by atomic mass is 10.2. The van der Waals surface area contributed by atoms with Crippen LogP contribution in [0.15, 0.2) is 48.5 Å². The monoisotopic (exact) mass is 394 g/mol. The molecule has 1 amide bonds. The minimum absolute atomic E-state index is 0.135. The largest absolute Gasteiger partial charge is 0.478 e. The van der Waals surface area contributed by atoms with Gasteiger partial charge in [-0.2, -0.15) is 0 Å². The lowest BCUT2D eigenvalue weighted by molar-refractivity contribution is -0.128. The van der Waals surface area contributed by atoms with Crippen molar-refractivity contribution in [1.29, 1.82) is 0 Å². The number of carbonyl (C=O) groups excluding carboxylic acids is 1. The number of ether oxygens (including phenoxy) is 1. The highest BCUT2D eigenvalue weighted by molar-refractivity contribution is 7.92. The zero-order chi connectivity index (χ0) is 18.7. The molecule has 1 aliphatic heterocycles. The number of amides is 1. The van der Waals surface area contributed by atoms with E-state index < -0.39 is 16.1 Å². The summed E-state index contributed by atoms with van der Waals surface area (Å²) in [5, 5.41) is 3.23. The highest BCUT2D eigenvalue weighted by atomic mass is 35.5. The van der Waals surface area contributed by atoms with Crippen molar-refractivity contribution >= 4 is 33.2 Å². The fourth-order valence-corrected chi connectivity index (χ4v) is 3.88. The van der Waals surface area contributed by atoms with Gasteiger partial charge in [0.15, 0.2) is 6.10 Å². The van der Waals surface area contributed by atoms with Crippen LogP contribution in [0.2, 0.25) is 5.02 Å². The van der Waals surface area contributed by atoms with Gasteiger partial charge in [0.1, 0.15) is 5.75 Å². The standard InChI is InChI=1S/C18H19ClN2O4S/c1-26(23,24)21-10-9-17(25-16-8-7-14(19)11-15(16)21)18(22)20-12-13-5-3-2-4-6-13/h2-8,11,17H,9-10,12H2,1H3,(H,20,22)/t17-/m1/s1. The Morgan fingerprint density at radius 2 is 2.00 bits per heavy atom. The number of hydrogen-bond acceptors (Lipinski definition) is 4. The van der Waals surface area contributed by atoms with Gasteiger partial charge in [-0.25, -0.2) is 8.42 Å². The average Bonchev–Trinajstić information content (AvgIpc) is 2.79. The van der Waals surface area contributed by atoms with Crippen molar-refractivity contribution < 1.29 is 17.9 Å². The minimum Gasteiger partial charge on any atom is -0.478 e. The van der Waals surface area contributed by atoms with Gasteiger partial charge in [0, 0.05) is 24.5 Å². The second kappa shape index (κ2) is 7.55. The van der Waals surface area contributed by atoms with Gasteiger partial charge in [-0.3, -0.25) is 9.10 Å². The number of nitrogens with zero attached hydrogens (tertiary/aromatic N) is 1. The first-order valence-electron chi connectivity index (χ1n) is 8.10. The number of hydrogen-bond donors (Lipinski definition) is 1. The van der Waals surface area contributed by atoms with E-state index in [9.17, 15) is 13.2 Å². The molecule has 2 aromatic carbocycles. The Morgan fingerprint density at radius 3 is 2.69 bits per heavy atom. The molecular formula is C18H19ClN2O4S. The molecule has 6 nitrogen and oxygen atoms in total. The quantitative estimate of drug-likeness (QED) is 0.864. The zero-order valence-electron chi connectivity index (χ0n) is 14.2. The van der Waals surface area contributed by atoms with Crippen molar-refractivity contribution in [2.45, 2.75) is 19.1 Å². The molecule has 1 atom stereocenters. The normalized spacial score (nSPS) is 17.0. The van der Waals surface area contributed by atoms with Gasteiger partial charge < -0.3 is 10.1 Å². The van der Waals surface area contributed by atoms with Gasteiger partial charge in [-0.05, 0) is 23.8 Å². The first-order valence-corrected chi connectivity index (χ1v) is 10.3. The number of carbonyl (C=O) groups is 1. The number of sulfonamides is 1. The number of nitrogens with one attached hydrogen (secondary N) is 1. The van der Waals surface area contributed by atoms with Crippen molar-refractivity contribution in [2.24, 2.45) is 0 Å². The molecule has 0 saturated heterocycles. The summed E-state index contributed by atoms with van der Waals surface area (Å²) in [6.45, 7) is 0.512. The smallest absolute Gasteiger partial charge is 0.261 e. The molecule has 3 rings (SSSR count). The van der Waals surface area contributed by atoms with Crippen molar-refractivity contribution in [1.82, 2.24) is 5.32 Å². The fourth-order valence-electron chi connectivity index (χ4n) is 2.78. The Bertz CT molecular complexity index is 903. The molecule has 0 unspecified atom stereocenters. The number of halogens is 1. The molecule has 0 spiro atoms. The highest BCUT2D eigenvalue weighted by Gasteiger charge is 2.31. The fraction of sp³-hybridized carbons (Fsp3) is 0.278. The molecule has 8 heteroatoms. The van der Waals surface area contributed by atoms with Crippen LogP contribution in [0.25, 0.3) is 0 Å². The average molecular weight is 395 g/mol. The molecule has 0 aliphatic carbocycles. The maximum absolute atomic E-state index is 12.5. The van der Waals surface area contributed by atoms with E-state index in [1.165, 1.54) is 10.4 Å². The summed E-state index contributed by atoms with van der Waals surface area (Å²) in [6.07, 6.45) is 0.568. The lowest BCUT2D eigenvalue weighted by Crippen LogP contribution is -2.39. The Kier molecular flexibility index (Phi) is 5.38. The Morgan fingerprint density at radius 1 is 1.27 bits per heavy atom. The van der Waals surface area contributed by atoms with Gasteiger partial charge in [0.05, 0.1) is 11.9 Å². The van der Waals surface area contributed by atoms with E-state index >= 15 is 0 Å². The third-order valence-electron chi connectivity index (χ3n) is 4.06. The Labute approximate surface area is 157 Å². The molecule has 1 aliphatic rings. The van der Waals surface area contributed by atoms with Crippen LogP contribution < -0.4 is 14.4 Å². The lowest BCUT2D eigenvalue weighted by Gasteiger charge is -2.21. The zero-order valence-corrected chi connectivity index (χ0v) is 15.8. The summed E-state index contributed by atoms with van der Waals surface area (Å²) >= 11 is 6.01. The van der Waals surface area contributed by atoms with Crippen LogP contribution in [-0.4, -0.2) is 33.2 Å². The summed E-state index contributed by atoms with van der Waals surface area (Å²) in [5.74, 6) is 0.0299. The summed E-state index contributed by atoms with van der Waals surface area (Å²) < 4.78 is 31.3. The van der Waals surface area contributed by atoms with Crippen molar-refractivity contribution in [3.8, 4) is 5.75 Å². The second-order valence-electron chi connectivity index (χ2n) is 6.05. The van der Waals surface area contributed by atoms with Crippen molar-refractivity contribution in [3.63, 3.8) is 0 Å². The van der Waals surface area contributed by atoms with Crippen LogP contribution in [0.1, 0.15) is 12.0 Å². The molecular weight excluding hydrogens is 376 g/mol. The van der Waals surface area contributed by atoms with Gasteiger partial charge in [0.25, 0.3) is 5.91 Å². The first kappa shape index (κ1) is 18.5. The predicted octanol–water partition coefficient (Wildman–Crippen LogP) is 2.57. The molecule has 0 bridgehead atoms. The molecule has 1 N–H and O–H groups in total. The van der Waals surface area contributed by atoms with E-state index in [0.717, 1.165) is 11.8 Å². The van der Waals surface area contributed by atoms with Crippen LogP contribution >= 0.6 is 11.6 Å². The SMILES string of the molecule is CS(=O)(=O)N1CC[C@H](C(=O)NCc2ccccc2)Oc2ccc(Cl)cc21. The number of rotatable bonds is 4. The molecule has 2 aromatic rings. The van der Waals surface area contributed by atoms with Crippen LogP contribution in [0.5, 0.6) is 5.75 Å². The van der Waals surface area contributed by atoms with E-state index in [1.54, 1.807) is 12.1 Å². The summed E-state index contributed by atoms with van der Waals surface area (Å²) in [7, 11) is -3.52. The number of benzene rings is 2. The molecule has 26 heavy (non-hydrogen) atoms. The number of anilines is 1. The second-order valence-corrected chi connectivity index (χ2v) is 8.39. The van der Waals surface area contributed by atoms with Crippen molar-refractivity contribution in [3.05, 3.63) is 59.1 Å². The molecule has 0 aromatic heterocycles. The summed E-state index contributed by atoms with van der Waals surface area (Å²) in [6, 6.07) is 14.2. The van der Waals surface area contributed by atoms with E-state index in [1.807, 2.05) is 30.3 Å². The molecule has 138 valence electrons. The van der Waals surface area contributed by atoms with Gasteiger partial charge in [-0.15, -0.1) is 0 Å². The van der Waals surface area contributed by atoms with Gasteiger partial charge in [0.2, 0.25) is 10.0 Å². The Balaban J connectivity index is 1.79. The topological polar surface area (TPSA) is 75.7 Å². The van der Waals surface area contributed by atoms with Crippen molar-refractivity contribution in [2.75, 3.05) is 17.1 Å². The van der Waals surface area contributed by atoms with E-state index in [2.05, 4.69) is 5.32 Å². The summed E-state index contributed by atoms with van der Waals surface area (Å²) in [5.41, 5.74) is 1.32. The maximum atomic E-state index is 12.5. The van der Waals surface area contributed by atoms with E-state index in [0.29, 0.717) is 23.0 Å². The van der Waals surface area contributed by atoms with Crippen LogP contribution in [0, 0.1) is 0 Å².